The molecule has 0 fully saturated rings. The molecule has 1 atom stereocenters. The van der Waals surface area contributed by atoms with E-state index in [1.165, 1.54) is 6.92 Å². The minimum Gasteiger partial charge on any atom is -0.239 e. The Bertz CT molecular complexity index is 233. The number of halogens is 2. The van der Waals surface area contributed by atoms with Crippen molar-refractivity contribution in [3.63, 3.8) is 0 Å². The molecule has 11 heavy (non-hydrogen) atoms. The van der Waals surface area contributed by atoms with Gasteiger partial charge in [-0.15, -0.1) is 0 Å². The van der Waals surface area contributed by atoms with E-state index in [1.54, 1.807) is 12.1 Å². The van der Waals surface area contributed by atoms with Crippen LogP contribution in [0.3, 0.4) is 0 Å². The lowest BCUT2D eigenvalue weighted by Crippen LogP contribution is -2.08. The van der Waals surface area contributed by atoms with Gasteiger partial charge in [-0.05, 0) is 54.1 Å². The van der Waals surface area contributed by atoms with Gasteiger partial charge in [0, 0.05) is 3.57 Å². The third-order valence-electron chi connectivity index (χ3n) is 1.45. The summed E-state index contributed by atoms with van der Waals surface area (Å²) in [5.41, 5.74) is -0.845. The molecule has 1 radical (unpaired) electrons. The minimum atomic E-state index is -1.47. The molecule has 1 unspecified atom stereocenters. The fraction of sp³-hybridized carbons (Fsp3) is 0.222. The molecule has 0 spiro atoms. The van der Waals surface area contributed by atoms with E-state index in [-0.39, 0.29) is 0 Å². The third-order valence-corrected chi connectivity index (χ3v) is 2.17. The van der Waals surface area contributed by atoms with Crippen molar-refractivity contribution in [3.05, 3.63) is 40.3 Å². The molecule has 0 N–H and O–H groups in total. The van der Waals surface area contributed by atoms with Crippen molar-refractivity contribution >= 4 is 22.6 Å². The summed E-state index contributed by atoms with van der Waals surface area (Å²) in [6, 6.07) is 7.27. The van der Waals surface area contributed by atoms with Gasteiger partial charge >= 0.3 is 0 Å². The highest BCUT2D eigenvalue weighted by molar-refractivity contribution is 14.1. The predicted molar refractivity (Wildman–Crippen MR) is 53.0 cm³/mol. The third kappa shape index (κ3) is 2.43. The maximum absolute atomic E-state index is 13.1. The molecule has 1 aromatic rings. The summed E-state index contributed by atoms with van der Waals surface area (Å²) < 4.78 is 14.2. The molecule has 0 bridgehead atoms. The van der Waals surface area contributed by atoms with Crippen LogP contribution in [-0.2, 0) is 5.67 Å². The molecule has 0 aliphatic heterocycles. The van der Waals surface area contributed by atoms with Gasteiger partial charge in [0.05, 0.1) is 0 Å². The molecule has 0 aromatic heterocycles. The monoisotopic (exact) mass is 263 g/mol. The van der Waals surface area contributed by atoms with Gasteiger partial charge in [0.1, 0.15) is 5.67 Å². The second-order valence-electron chi connectivity index (χ2n) is 2.70. The average Bonchev–Trinajstić information content (AvgIpc) is 1.86. The van der Waals surface area contributed by atoms with Gasteiger partial charge in [-0.1, -0.05) is 12.1 Å². The molecule has 0 aliphatic carbocycles. The molecule has 2 heteroatoms. The molecule has 0 saturated heterocycles. The number of alkyl halides is 1. The highest BCUT2D eigenvalue weighted by atomic mass is 127. The van der Waals surface area contributed by atoms with E-state index in [0.29, 0.717) is 5.56 Å². The number of hydrogen-bond acceptors (Lipinski definition) is 0. The normalized spacial score (nSPS) is 11.6. The van der Waals surface area contributed by atoms with Crippen LogP contribution in [0.5, 0.6) is 0 Å². The summed E-state index contributed by atoms with van der Waals surface area (Å²) in [6.45, 7) is 4.85. The Morgan fingerprint density at radius 3 is 2.18 bits per heavy atom. The molecule has 0 aliphatic rings. The zero-order chi connectivity index (χ0) is 8.48. The lowest BCUT2D eigenvalue weighted by atomic mass is 10.0. The fourth-order valence-corrected chi connectivity index (χ4v) is 1.16. The quantitative estimate of drug-likeness (QED) is 0.682. The van der Waals surface area contributed by atoms with Crippen LogP contribution in [0.1, 0.15) is 12.5 Å². The van der Waals surface area contributed by atoms with E-state index in [0.717, 1.165) is 3.57 Å². The van der Waals surface area contributed by atoms with Gasteiger partial charge in [0.25, 0.3) is 0 Å². The van der Waals surface area contributed by atoms with E-state index in [1.807, 2.05) is 12.1 Å². The van der Waals surface area contributed by atoms with Crippen molar-refractivity contribution in [1.82, 2.24) is 0 Å². The Kier molecular flexibility index (Phi) is 2.52. The Morgan fingerprint density at radius 1 is 1.36 bits per heavy atom. The standard InChI is InChI=1S/C9H9FI/c1-9(2,10)7-3-5-8(11)6-4-7/h3-6H,1H2,2H3. The lowest BCUT2D eigenvalue weighted by molar-refractivity contribution is 0.260. The van der Waals surface area contributed by atoms with Crippen molar-refractivity contribution in [2.75, 3.05) is 0 Å². The first-order valence-corrected chi connectivity index (χ1v) is 4.38. The summed E-state index contributed by atoms with van der Waals surface area (Å²) in [5, 5.41) is 0. The Hall–Kier alpha value is -0.120. The summed E-state index contributed by atoms with van der Waals surface area (Å²) in [5.74, 6) is 0. The second kappa shape index (κ2) is 3.09. The number of hydrogen-bond donors (Lipinski definition) is 0. The van der Waals surface area contributed by atoms with E-state index < -0.39 is 5.67 Å². The zero-order valence-corrected chi connectivity index (χ0v) is 8.43. The number of benzene rings is 1. The van der Waals surface area contributed by atoms with Crippen molar-refractivity contribution in [1.29, 1.82) is 0 Å². The molecule has 0 nitrogen and oxygen atoms in total. The maximum atomic E-state index is 13.1. The van der Waals surface area contributed by atoms with E-state index in [2.05, 4.69) is 29.5 Å². The maximum Gasteiger partial charge on any atom is 0.133 e. The first-order chi connectivity index (χ1) is 5.00. The van der Waals surface area contributed by atoms with E-state index in [4.69, 9.17) is 0 Å². The lowest BCUT2D eigenvalue weighted by Gasteiger charge is -2.13. The molecule has 0 saturated carbocycles. The van der Waals surface area contributed by atoms with Crippen molar-refractivity contribution in [3.8, 4) is 0 Å². The van der Waals surface area contributed by atoms with Crippen LogP contribution in [0, 0.1) is 10.5 Å². The molecular formula is C9H9FI. The highest BCUT2D eigenvalue weighted by Gasteiger charge is 2.17. The molecular weight excluding hydrogens is 254 g/mol. The zero-order valence-electron chi connectivity index (χ0n) is 6.27. The van der Waals surface area contributed by atoms with Gasteiger partial charge in [-0.25, -0.2) is 4.39 Å². The van der Waals surface area contributed by atoms with Crippen LogP contribution in [-0.4, -0.2) is 0 Å². The predicted octanol–water partition coefficient (Wildman–Crippen LogP) is 3.31. The second-order valence-corrected chi connectivity index (χ2v) is 3.95. The smallest absolute Gasteiger partial charge is 0.133 e. The summed E-state index contributed by atoms with van der Waals surface area (Å²) >= 11 is 2.18. The molecule has 0 heterocycles. The van der Waals surface area contributed by atoms with Crippen LogP contribution < -0.4 is 0 Å². The summed E-state index contributed by atoms with van der Waals surface area (Å²) in [4.78, 5) is 0. The van der Waals surface area contributed by atoms with Gasteiger partial charge < -0.3 is 0 Å². The van der Waals surface area contributed by atoms with Crippen molar-refractivity contribution < 1.29 is 4.39 Å². The van der Waals surface area contributed by atoms with Crippen LogP contribution in [0.4, 0.5) is 4.39 Å². The molecule has 59 valence electrons. The molecule has 1 rings (SSSR count). The van der Waals surface area contributed by atoms with Crippen LogP contribution in [0.2, 0.25) is 0 Å². The van der Waals surface area contributed by atoms with Crippen LogP contribution >= 0.6 is 22.6 Å². The van der Waals surface area contributed by atoms with Crippen molar-refractivity contribution in [2.24, 2.45) is 0 Å². The summed E-state index contributed by atoms with van der Waals surface area (Å²) in [7, 11) is 0. The number of rotatable bonds is 1. The average molecular weight is 263 g/mol. The Morgan fingerprint density at radius 2 is 1.82 bits per heavy atom. The molecule has 1 aromatic carbocycles. The first-order valence-electron chi connectivity index (χ1n) is 3.30. The highest BCUT2D eigenvalue weighted by Crippen LogP contribution is 2.24. The largest absolute Gasteiger partial charge is 0.239 e. The fourth-order valence-electron chi connectivity index (χ4n) is 0.797. The first kappa shape index (κ1) is 8.97. The van der Waals surface area contributed by atoms with E-state index in [9.17, 15) is 4.39 Å². The topological polar surface area (TPSA) is 0 Å². The Labute approximate surface area is 80.0 Å². The SMILES string of the molecule is [CH2]C(C)(F)c1ccc(I)cc1. The minimum absolute atomic E-state index is 0.623. The van der Waals surface area contributed by atoms with Crippen molar-refractivity contribution in [2.45, 2.75) is 12.6 Å². The van der Waals surface area contributed by atoms with Crippen LogP contribution in [0.15, 0.2) is 24.3 Å². The Balaban J connectivity index is 2.99. The van der Waals surface area contributed by atoms with E-state index >= 15 is 0 Å². The van der Waals surface area contributed by atoms with Gasteiger partial charge in [-0.2, -0.15) is 0 Å². The summed E-state index contributed by atoms with van der Waals surface area (Å²) in [6.07, 6.45) is 0. The van der Waals surface area contributed by atoms with Crippen LogP contribution in [0.25, 0.3) is 0 Å². The molecule has 0 amide bonds. The van der Waals surface area contributed by atoms with Gasteiger partial charge in [0.2, 0.25) is 0 Å². The van der Waals surface area contributed by atoms with Gasteiger partial charge in [-0.3, -0.25) is 0 Å². The van der Waals surface area contributed by atoms with Gasteiger partial charge in [0.15, 0.2) is 0 Å².